The number of ether oxygens (including phenoxy) is 1. The number of nitrogens with one attached hydrogen (secondary N) is 1. The molecule has 22 heavy (non-hydrogen) atoms. The molecule has 2 heterocycles. The molecule has 1 amide bonds. The Hall–Kier alpha value is -1.47. The van der Waals surface area contributed by atoms with Crippen LogP contribution in [0.15, 0.2) is 4.63 Å². The molecule has 2 aliphatic rings. The highest BCUT2D eigenvalue weighted by Gasteiger charge is 2.44. The molecule has 0 radical (unpaired) electrons. The number of hydrogen-bond acceptors (Lipinski definition) is 6. The zero-order chi connectivity index (χ0) is 15.4. The van der Waals surface area contributed by atoms with E-state index < -0.39 is 0 Å². The molecule has 1 N–H and O–H groups in total. The van der Waals surface area contributed by atoms with Crippen LogP contribution in [0.3, 0.4) is 0 Å². The van der Waals surface area contributed by atoms with Gasteiger partial charge in [-0.05, 0) is 19.8 Å². The van der Waals surface area contributed by atoms with Crippen molar-refractivity contribution in [3.63, 3.8) is 0 Å². The van der Waals surface area contributed by atoms with Gasteiger partial charge in [0.25, 0.3) is 0 Å². The number of hydrogen-bond donors (Lipinski definition) is 1. The van der Waals surface area contributed by atoms with E-state index in [1.807, 2.05) is 6.92 Å². The molecule has 7 nitrogen and oxygen atoms in total. The first kappa shape index (κ1) is 15.4. The number of morpholine rings is 1. The summed E-state index contributed by atoms with van der Waals surface area (Å²) in [4.78, 5) is 15.3. The maximum atomic E-state index is 13.0. The molecule has 1 aromatic rings. The van der Waals surface area contributed by atoms with Crippen molar-refractivity contribution in [3.05, 3.63) is 11.4 Å². The molecular weight excluding hydrogens is 284 g/mol. The standard InChI is InChI=1S/C15H24N4O3/c1-12-13(18-22-17-12)11-16-14(20)15(5-3-2-4-6-15)19-7-9-21-10-8-19/h2-11H2,1H3,(H,16,20). The third-order valence-corrected chi connectivity index (χ3v) is 4.88. The lowest BCUT2D eigenvalue weighted by Gasteiger charge is -2.46. The number of nitrogens with zero attached hydrogens (tertiary/aromatic N) is 3. The van der Waals surface area contributed by atoms with E-state index in [1.54, 1.807) is 0 Å². The summed E-state index contributed by atoms with van der Waals surface area (Å²) in [5.74, 6) is 0.108. The van der Waals surface area contributed by atoms with E-state index in [2.05, 4.69) is 25.2 Å². The number of rotatable bonds is 4. The van der Waals surface area contributed by atoms with E-state index in [0.717, 1.165) is 44.5 Å². The fraction of sp³-hybridized carbons (Fsp3) is 0.800. The summed E-state index contributed by atoms with van der Waals surface area (Å²) in [6.07, 6.45) is 5.28. The number of aromatic nitrogens is 2. The smallest absolute Gasteiger partial charge is 0.240 e. The zero-order valence-electron chi connectivity index (χ0n) is 13.1. The average Bonchev–Trinajstić information content (AvgIpc) is 2.99. The minimum Gasteiger partial charge on any atom is -0.379 e. The molecule has 3 rings (SSSR count). The summed E-state index contributed by atoms with van der Waals surface area (Å²) in [7, 11) is 0. The molecule has 7 heteroatoms. The van der Waals surface area contributed by atoms with E-state index in [0.29, 0.717) is 25.5 Å². The van der Waals surface area contributed by atoms with Crippen LogP contribution in [0, 0.1) is 6.92 Å². The third-order valence-electron chi connectivity index (χ3n) is 4.88. The Morgan fingerprint density at radius 2 is 1.95 bits per heavy atom. The van der Waals surface area contributed by atoms with Crippen LogP contribution in [-0.4, -0.2) is 53.0 Å². The van der Waals surface area contributed by atoms with Crippen molar-refractivity contribution in [3.8, 4) is 0 Å². The first-order valence-electron chi connectivity index (χ1n) is 8.11. The summed E-state index contributed by atoms with van der Waals surface area (Å²) in [5, 5.41) is 10.6. The Morgan fingerprint density at radius 3 is 2.59 bits per heavy atom. The van der Waals surface area contributed by atoms with Crippen molar-refractivity contribution in [2.24, 2.45) is 0 Å². The predicted molar refractivity (Wildman–Crippen MR) is 79.1 cm³/mol. The van der Waals surface area contributed by atoms with Gasteiger partial charge >= 0.3 is 0 Å². The molecule has 122 valence electrons. The van der Waals surface area contributed by atoms with Crippen molar-refractivity contribution < 1.29 is 14.2 Å². The highest BCUT2D eigenvalue weighted by Crippen LogP contribution is 2.34. The van der Waals surface area contributed by atoms with Gasteiger partial charge in [-0.25, -0.2) is 4.63 Å². The van der Waals surface area contributed by atoms with Crippen molar-refractivity contribution in [2.45, 2.75) is 51.1 Å². The first-order valence-corrected chi connectivity index (χ1v) is 8.11. The second-order valence-corrected chi connectivity index (χ2v) is 6.17. The molecule has 0 atom stereocenters. The first-order chi connectivity index (χ1) is 10.7. The summed E-state index contributed by atoms with van der Waals surface area (Å²) in [6.45, 7) is 5.29. The van der Waals surface area contributed by atoms with E-state index >= 15 is 0 Å². The molecule has 0 aromatic carbocycles. The topological polar surface area (TPSA) is 80.5 Å². The Balaban J connectivity index is 1.70. The van der Waals surface area contributed by atoms with Crippen LogP contribution in [0.5, 0.6) is 0 Å². The van der Waals surface area contributed by atoms with Crippen LogP contribution in [0.2, 0.25) is 0 Å². The van der Waals surface area contributed by atoms with Crippen molar-refractivity contribution in [1.29, 1.82) is 0 Å². The van der Waals surface area contributed by atoms with Crippen LogP contribution in [-0.2, 0) is 16.1 Å². The van der Waals surface area contributed by atoms with Gasteiger partial charge in [0.2, 0.25) is 5.91 Å². The summed E-state index contributed by atoms with van der Waals surface area (Å²) in [5.41, 5.74) is 1.04. The van der Waals surface area contributed by atoms with Gasteiger partial charge in [0.1, 0.15) is 16.9 Å². The van der Waals surface area contributed by atoms with Crippen LogP contribution < -0.4 is 5.32 Å². The van der Waals surface area contributed by atoms with Crippen LogP contribution >= 0.6 is 0 Å². The third kappa shape index (κ3) is 3.01. The van der Waals surface area contributed by atoms with Gasteiger partial charge in [-0.2, -0.15) is 0 Å². The molecule has 1 saturated carbocycles. The average molecular weight is 308 g/mol. The van der Waals surface area contributed by atoms with E-state index in [9.17, 15) is 4.79 Å². The van der Waals surface area contributed by atoms with Crippen LogP contribution in [0.4, 0.5) is 0 Å². The predicted octanol–water partition coefficient (Wildman–Crippen LogP) is 1.03. The van der Waals surface area contributed by atoms with Gasteiger partial charge in [0, 0.05) is 13.1 Å². The van der Waals surface area contributed by atoms with Gasteiger partial charge in [-0.1, -0.05) is 29.6 Å². The van der Waals surface area contributed by atoms with Gasteiger partial charge < -0.3 is 10.1 Å². The largest absolute Gasteiger partial charge is 0.379 e. The Morgan fingerprint density at radius 1 is 1.23 bits per heavy atom. The Labute approximate surface area is 130 Å². The second-order valence-electron chi connectivity index (χ2n) is 6.17. The van der Waals surface area contributed by atoms with Gasteiger partial charge in [-0.15, -0.1) is 0 Å². The molecule has 1 saturated heterocycles. The van der Waals surface area contributed by atoms with Crippen LogP contribution in [0.1, 0.15) is 43.5 Å². The fourth-order valence-electron chi connectivity index (χ4n) is 3.55. The van der Waals surface area contributed by atoms with E-state index in [-0.39, 0.29) is 11.4 Å². The molecule has 1 aliphatic heterocycles. The zero-order valence-corrected chi connectivity index (χ0v) is 13.1. The number of carbonyl (C=O) groups is 1. The molecule has 0 spiro atoms. The summed E-state index contributed by atoms with van der Waals surface area (Å²) < 4.78 is 10.1. The summed E-state index contributed by atoms with van der Waals surface area (Å²) >= 11 is 0. The Bertz CT molecular complexity index is 505. The quantitative estimate of drug-likeness (QED) is 0.895. The lowest BCUT2D eigenvalue weighted by Crippen LogP contribution is -2.62. The van der Waals surface area contributed by atoms with E-state index in [4.69, 9.17) is 4.74 Å². The minimum atomic E-state index is -0.382. The molecule has 1 aromatic heterocycles. The fourth-order valence-corrected chi connectivity index (χ4v) is 3.55. The highest BCUT2D eigenvalue weighted by molar-refractivity contribution is 5.86. The van der Waals surface area contributed by atoms with Gasteiger partial charge in [0.15, 0.2) is 0 Å². The van der Waals surface area contributed by atoms with Crippen molar-refractivity contribution in [2.75, 3.05) is 26.3 Å². The number of aryl methyl sites for hydroxylation is 1. The SMILES string of the molecule is Cc1nonc1CNC(=O)C1(N2CCOCC2)CCCCC1. The molecule has 0 bridgehead atoms. The monoisotopic (exact) mass is 308 g/mol. The molecule has 0 unspecified atom stereocenters. The number of amides is 1. The maximum absolute atomic E-state index is 13.0. The lowest BCUT2D eigenvalue weighted by atomic mass is 9.79. The summed E-state index contributed by atoms with van der Waals surface area (Å²) in [6, 6.07) is 0. The van der Waals surface area contributed by atoms with Crippen molar-refractivity contribution in [1.82, 2.24) is 20.5 Å². The van der Waals surface area contributed by atoms with Crippen LogP contribution in [0.25, 0.3) is 0 Å². The van der Waals surface area contributed by atoms with Crippen molar-refractivity contribution >= 4 is 5.91 Å². The minimum absolute atomic E-state index is 0.108. The Kier molecular flexibility index (Phi) is 4.73. The second kappa shape index (κ2) is 6.75. The van der Waals surface area contributed by atoms with Gasteiger partial charge in [-0.3, -0.25) is 9.69 Å². The number of carbonyl (C=O) groups excluding carboxylic acids is 1. The normalized spacial score (nSPS) is 22.4. The molecule has 2 fully saturated rings. The van der Waals surface area contributed by atoms with E-state index in [1.165, 1.54) is 6.42 Å². The molecular formula is C15H24N4O3. The van der Waals surface area contributed by atoms with Gasteiger partial charge in [0.05, 0.1) is 19.8 Å². The molecule has 1 aliphatic carbocycles. The maximum Gasteiger partial charge on any atom is 0.240 e. The lowest BCUT2D eigenvalue weighted by molar-refractivity contribution is -0.140. The highest BCUT2D eigenvalue weighted by atomic mass is 16.6.